The summed E-state index contributed by atoms with van der Waals surface area (Å²) in [5.74, 6) is -1.36. The molecule has 15 nitrogen and oxygen atoms in total. The number of carbonyl (C=O) groups is 1. The Bertz CT molecular complexity index is 2160. The van der Waals surface area contributed by atoms with E-state index in [1.54, 1.807) is 17.9 Å². The van der Waals surface area contributed by atoms with E-state index in [0.717, 1.165) is 49.4 Å². The fraction of sp³-hybridized carbons (Fsp3) is 0.425. The molecule has 0 saturated carbocycles. The summed E-state index contributed by atoms with van der Waals surface area (Å²) in [5, 5.41) is 17.7. The molecule has 5 aromatic rings. The van der Waals surface area contributed by atoms with Gasteiger partial charge >= 0.3 is 11.7 Å². The van der Waals surface area contributed by atoms with Gasteiger partial charge in [0.1, 0.15) is 54.1 Å². The van der Waals surface area contributed by atoms with E-state index in [4.69, 9.17) is 25.1 Å². The molecule has 2 fully saturated rings. The maximum absolute atomic E-state index is 15.0. The van der Waals surface area contributed by atoms with Crippen LogP contribution in [0, 0.1) is 17.6 Å². The largest absolute Gasteiger partial charge is 0.493 e. The number of hydrogen-bond donors (Lipinski definition) is 2. The topological polar surface area (TPSA) is 168 Å². The maximum atomic E-state index is 15.0. The van der Waals surface area contributed by atoms with Crippen molar-refractivity contribution >= 4 is 17.3 Å². The van der Waals surface area contributed by atoms with E-state index in [1.807, 2.05) is 55.5 Å². The zero-order valence-corrected chi connectivity index (χ0v) is 31.9. The number of benzene rings is 3. The van der Waals surface area contributed by atoms with E-state index in [2.05, 4.69) is 25.0 Å². The van der Waals surface area contributed by atoms with Crippen LogP contribution in [0.15, 0.2) is 90.5 Å². The van der Waals surface area contributed by atoms with Crippen LogP contribution >= 0.6 is 0 Å². The third-order valence-corrected chi connectivity index (χ3v) is 10.7. The van der Waals surface area contributed by atoms with Crippen LogP contribution < -0.4 is 26.0 Å². The summed E-state index contributed by atoms with van der Waals surface area (Å²) in [6, 6.07) is 17.6. The van der Waals surface area contributed by atoms with Crippen molar-refractivity contribution in [3.63, 3.8) is 0 Å². The molecule has 57 heavy (non-hydrogen) atoms. The van der Waals surface area contributed by atoms with E-state index < -0.39 is 48.0 Å². The number of nitrogens with zero attached hydrogens (tertiary/aromatic N) is 8. The van der Waals surface area contributed by atoms with Crippen LogP contribution in [0.5, 0.6) is 5.75 Å². The summed E-state index contributed by atoms with van der Waals surface area (Å²) < 4.78 is 50.9. The van der Waals surface area contributed by atoms with Gasteiger partial charge in [0.25, 0.3) is 0 Å². The van der Waals surface area contributed by atoms with Crippen LogP contribution in [0.25, 0.3) is 5.69 Å². The van der Waals surface area contributed by atoms with Gasteiger partial charge < -0.3 is 34.9 Å². The van der Waals surface area contributed by atoms with Gasteiger partial charge in [-0.3, -0.25) is 4.79 Å². The van der Waals surface area contributed by atoms with E-state index >= 15 is 4.39 Å². The Morgan fingerprint density at radius 2 is 1.65 bits per heavy atom. The predicted octanol–water partition coefficient (Wildman–Crippen LogP) is 3.44. The van der Waals surface area contributed by atoms with Gasteiger partial charge in [0.05, 0.1) is 38.1 Å². The second kappa shape index (κ2) is 17.2. The van der Waals surface area contributed by atoms with E-state index in [1.165, 1.54) is 34.0 Å². The molecule has 3 aromatic carbocycles. The molecule has 0 spiro atoms. The molecule has 0 unspecified atom stereocenters. The molecular formula is C40H47F2N9O6. The van der Waals surface area contributed by atoms with Crippen molar-refractivity contribution < 1.29 is 32.9 Å². The number of nitrogens with two attached hydrogens (primary N) is 1. The lowest BCUT2D eigenvalue weighted by molar-refractivity contribution is -0.153. The standard InChI is InChI=1S/C40H47F2N9O6/c1-3-37(27(2)57-38(53)36(43)20-52)51-39(54)50(26-46-51)32-7-5-30(6-8-32)47-14-16-48(17-15-47)31-9-11-33(12-10-31)55-21-28-19-40(56-22-28,23-49-25-44-24-45-49)34-13-4-29(41)18-35(34)42/h4-13,18,24-28,36-37,52H,3,14-17,19-23,43H2,1-2H3/t27-,28+,36-,37-,40-/m0/s1. The molecule has 17 heteroatoms. The van der Waals surface area contributed by atoms with Crippen LogP contribution in [-0.2, 0) is 26.4 Å². The zero-order valence-electron chi connectivity index (χ0n) is 31.9. The van der Waals surface area contributed by atoms with Gasteiger partial charge in [-0.25, -0.2) is 32.5 Å². The monoisotopic (exact) mass is 787 g/mol. The summed E-state index contributed by atoms with van der Waals surface area (Å²) in [6.45, 7) is 7.19. The number of halogens is 2. The molecular weight excluding hydrogens is 740 g/mol. The van der Waals surface area contributed by atoms with Gasteiger partial charge in [0, 0.05) is 55.1 Å². The maximum Gasteiger partial charge on any atom is 0.350 e. The quantitative estimate of drug-likeness (QED) is 0.149. The zero-order chi connectivity index (χ0) is 40.1. The molecule has 302 valence electrons. The van der Waals surface area contributed by atoms with Crippen molar-refractivity contribution in [2.45, 2.75) is 57.0 Å². The Kier molecular flexibility index (Phi) is 12.0. The van der Waals surface area contributed by atoms with Crippen molar-refractivity contribution in [3.8, 4) is 11.4 Å². The first kappa shape index (κ1) is 39.6. The molecule has 2 aliphatic heterocycles. The van der Waals surface area contributed by atoms with Crippen molar-refractivity contribution in [3.05, 3.63) is 113 Å². The number of piperazine rings is 1. The molecule has 3 N–H and O–H groups in total. The predicted molar refractivity (Wildman–Crippen MR) is 206 cm³/mol. The Morgan fingerprint density at radius 3 is 2.26 bits per heavy atom. The SMILES string of the molecule is CC[C@@H]([C@H](C)OC(=O)[C@@H](N)CO)n1ncn(-c2ccc(N3CCN(c4ccc(OC[C@@H]5CO[C@@](Cn6cncn6)(c6ccc(F)cc6F)C5)cc4)CC3)cc2)c1=O. The van der Waals surface area contributed by atoms with Gasteiger partial charge in [-0.05, 0) is 74.4 Å². The lowest BCUT2D eigenvalue weighted by atomic mass is 9.87. The minimum atomic E-state index is -1.15. The first-order valence-corrected chi connectivity index (χ1v) is 19.1. The van der Waals surface area contributed by atoms with E-state index in [-0.39, 0.29) is 23.7 Å². The van der Waals surface area contributed by atoms with Crippen molar-refractivity contribution in [2.24, 2.45) is 11.7 Å². The lowest BCUT2D eigenvalue weighted by Gasteiger charge is -2.37. The molecule has 5 atom stereocenters. The van der Waals surface area contributed by atoms with Crippen LogP contribution in [0.1, 0.15) is 38.3 Å². The second-order valence-corrected chi connectivity index (χ2v) is 14.5. The van der Waals surface area contributed by atoms with Crippen molar-refractivity contribution in [1.82, 2.24) is 29.1 Å². The van der Waals surface area contributed by atoms with E-state index in [0.29, 0.717) is 31.7 Å². The smallest absolute Gasteiger partial charge is 0.350 e. The molecule has 0 bridgehead atoms. The number of aromatic nitrogens is 6. The third kappa shape index (κ3) is 8.69. The first-order valence-electron chi connectivity index (χ1n) is 19.1. The van der Waals surface area contributed by atoms with E-state index in [9.17, 15) is 14.0 Å². The normalized spacial score (nSPS) is 20.0. The van der Waals surface area contributed by atoms with Gasteiger partial charge in [-0.2, -0.15) is 10.2 Å². The van der Waals surface area contributed by atoms with Crippen LogP contribution in [0.4, 0.5) is 20.2 Å². The summed E-state index contributed by atoms with van der Waals surface area (Å²) in [7, 11) is 0. The molecule has 0 radical (unpaired) electrons. The number of rotatable bonds is 15. The number of ether oxygens (including phenoxy) is 3. The number of esters is 1. The molecule has 2 saturated heterocycles. The molecule has 7 rings (SSSR count). The van der Waals surface area contributed by atoms with Gasteiger partial charge in [0.2, 0.25) is 0 Å². The molecule has 4 heterocycles. The molecule has 2 aromatic heterocycles. The fourth-order valence-corrected chi connectivity index (χ4v) is 7.65. The summed E-state index contributed by atoms with van der Waals surface area (Å²) >= 11 is 0. The summed E-state index contributed by atoms with van der Waals surface area (Å²) in [5.41, 5.74) is 7.25. The highest BCUT2D eigenvalue weighted by Crippen LogP contribution is 2.42. The average Bonchev–Trinajstić information content (AvgIpc) is 3.99. The van der Waals surface area contributed by atoms with Gasteiger partial charge in [-0.1, -0.05) is 13.0 Å². The average molecular weight is 788 g/mol. The molecule has 2 aliphatic rings. The highest BCUT2D eigenvalue weighted by Gasteiger charge is 2.44. The Balaban J connectivity index is 0.911. The first-order chi connectivity index (χ1) is 27.6. The number of anilines is 2. The van der Waals surface area contributed by atoms with Crippen molar-refractivity contribution in [2.75, 3.05) is 55.8 Å². The highest BCUT2D eigenvalue weighted by atomic mass is 19.1. The third-order valence-electron chi connectivity index (χ3n) is 10.7. The highest BCUT2D eigenvalue weighted by molar-refractivity contribution is 5.75. The minimum Gasteiger partial charge on any atom is -0.493 e. The van der Waals surface area contributed by atoms with Crippen molar-refractivity contribution in [1.29, 1.82) is 0 Å². The number of hydrogen-bond acceptors (Lipinski definition) is 12. The second-order valence-electron chi connectivity index (χ2n) is 14.5. The fourth-order valence-electron chi connectivity index (χ4n) is 7.65. The molecule has 0 amide bonds. The van der Waals surface area contributed by atoms with Gasteiger partial charge in [-0.15, -0.1) is 0 Å². The summed E-state index contributed by atoms with van der Waals surface area (Å²) in [6.07, 6.45) is 4.68. The Hall–Kier alpha value is -5.65. The lowest BCUT2D eigenvalue weighted by Crippen LogP contribution is -2.46. The van der Waals surface area contributed by atoms with Crippen LogP contribution in [-0.4, -0.2) is 98.3 Å². The van der Waals surface area contributed by atoms with Gasteiger partial charge in [0.15, 0.2) is 0 Å². The van der Waals surface area contributed by atoms with Crippen LogP contribution in [0.2, 0.25) is 0 Å². The van der Waals surface area contributed by atoms with Crippen LogP contribution in [0.3, 0.4) is 0 Å². The number of aliphatic hydroxyl groups excluding tert-OH is 1. The number of carbonyl (C=O) groups excluding carboxylic acids is 1. The number of aliphatic hydroxyl groups is 1. The Morgan fingerprint density at radius 1 is 0.982 bits per heavy atom. The molecule has 0 aliphatic carbocycles. The summed E-state index contributed by atoms with van der Waals surface area (Å²) in [4.78, 5) is 34.1. The minimum absolute atomic E-state index is 0.0302. The Labute approximate surface area is 328 Å².